The van der Waals surface area contributed by atoms with Crippen molar-refractivity contribution in [3.63, 3.8) is 0 Å². The van der Waals surface area contributed by atoms with Gasteiger partial charge in [-0.2, -0.15) is 5.26 Å². The van der Waals surface area contributed by atoms with Gasteiger partial charge in [-0.1, -0.05) is 27.5 Å². The number of benzene rings is 2. The standard InChI is InChI=1S/C15H9BrClNO3/c1-20-13-7-9(8-18)6-12(17)14(13)21-15(19)10-2-4-11(16)5-3-10/h2-7H,1H3. The maximum atomic E-state index is 12.1. The Bertz CT molecular complexity index is 723. The van der Waals surface area contributed by atoms with Gasteiger partial charge in [-0.3, -0.25) is 0 Å². The van der Waals surface area contributed by atoms with Gasteiger partial charge in [0, 0.05) is 10.5 Å². The van der Waals surface area contributed by atoms with Gasteiger partial charge in [0.25, 0.3) is 0 Å². The Hall–Kier alpha value is -2.03. The van der Waals surface area contributed by atoms with Gasteiger partial charge in [0.2, 0.25) is 0 Å². The molecule has 106 valence electrons. The fraction of sp³-hybridized carbons (Fsp3) is 0.0667. The highest BCUT2D eigenvalue weighted by Gasteiger charge is 2.17. The van der Waals surface area contributed by atoms with Crippen molar-refractivity contribution in [1.29, 1.82) is 5.26 Å². The molecule has 6 heteroatoms. The van der Waals surface area contributed by atoms with E-state index in [0.717, 1.165) is 4.47 Å². The number of carbonyl (C=O) groups is 1. The van der Waals surface area contributed by atoms with Crippen LogP contribution in [0, 0.1) is 11.3 Å². The molecule has 0 atom stereocenters. The zero-order chi connectivity index (χ0) is 15.4. The van der Waals surface area contributed by atoms with Gasteiger partial charge in [0.1, 0.15) is 0 Å². The highest BCUT2D eigenvalue weighted by Crippen LogP contribution is 2.36. The highest BCUT2D eigenvalue weighted by atomic mass is 79.9. The number of nitrogens with zero attached hydrogens (tertiary/aromatic N) is 1. The number of hydrogen-bond donors (Lipinski definition) is 0. The van der Waals surface area contributed by atoms with Crippen molar-refractivity contribution < 1.29 is 14.3 Å². The van der Waals surface area contributed by atoms with Gasteiger partial charge in [0.15, 0.2) is 11.5 Å². The average molecular weight is 367 g/mol. The van der Waals surface area contributed by atoms with E-state index in [1.54, 1.807) is 24.3 Å². The van der Waals surface area contributed by atoms with Crippen LogP contribution < -0.4 is 9.47 Å². The second-order valence-corrected chi connectivity index (χ2v) is 5.32. The van der Waals surface area contributed by atoms with Crippen LogP contribution in [0.5, 0.6) is 11.5 Å². The number of hydrogen-bond acceptors (Lipinski definition) is 4. The van der Waals surface area contributed by atoms with Crippen LogP contribution in [0.3, 0.4) is 0 Å². The van der Waals surface area contributed by atoms with Crippen LogP contribution in [-0.2, 0) is 0 Å². The Morgan fingerprint density at radius 3 is 2.52 bits per heavy atom. The third-order valence-electron chi connectivity index (χ3n) is 2.63. The molecule has 0 saturated heterocycles. The first kappa shape index (κ1) is 15.4. The van der Waals surface area contributed by atoms with E-state index in [1.165, 1.54) is 19.2 Å². The summed E-state index contributed by atoms with van der Waals surface area (Å²) in [4.78, 5) is 12.1. The molecular formula is C15H9BrClNO3. The zero-order valence-corrected chi connectivity index (χ0v) is 13.2. The highest BCUT2D eigenvalue weighted by molar-refractivity contribution is 9.10. The number of nitriles is 1. The van der Waals surface area contributed by atoms with Crippen molar-refractivity contribution >= 4 is 33.5 Å². The zero-order valence-electron chi connectivity index (χ0n) is 10.9. The lowest BCUT2D eigenvalue weighted by Crippen LogP contribution is -2.09. The minimum Gasteiger partial charge on any atom is -0.493 e. The number of halogens is 2. The van der Waals surface area contributed by atoms with Gasteiger partial charge < -0.3 is 9.47 Å². The van der Waals surface area contributed by atoms with Crippen molar-refractivity contribution in [2.24, 2.45) is 0 Å². The first-order valence-corrected chi connectivity index (χ1v) is 6.97. The quantitative estimate of drug-likeness (QED) is 0.603. The average Bonchev–Trinajstić information content (AvgIpc) is 2.49. The Balaban J connectivity index is 2.33. The van der Waals surface area contributed by atoms with Gasteiger partial charge >= 0.3 is 5.97 Å². The molecule has 0 radical (unpaired) electrons. The molecule has 2 aromatic carbocycles. The van der Waals surface area contributed by atoms with E-state index in [1.807, 2.05) is 6.07 Å². The predicted molar refractivity (Wildman–Crippen MR) is 81.8 cm³/mol. The molecule has 0 amide bonds. The van der Waals surface area contributed by atoms with E-state index >= 15 is 0 Å². The minimum absolute atomic E-state index is 0.0890. The topological polar surface area (TPSA) is 59.3 Å². The second-order valence-electron chi connectivity index (χ2n) is 4.00. The van der Waals surface area contributed by atoms with Crippen LogP contribution in [0.25, 0.3) is 0 Å². The molecule has 21 heavy (non-hydrogen) atoms. The molecule has 0 fully saturated rings. The van der Waals surface area contributed by atoms with Crippen LogP contribution in [0.2, 0.25) is 5.02 Å². The summed E-state index contributed by atoms with van der Waals surface area (Å²) in [7, 11) is 1.41. The molecule has 0 saturated carbocycles. The summed E-state index contributed by atoms with van der Waals surface area (Å²) in [6, 6.07) is 11.5. The maximum Gasteiger partial charge on any atom is 0.343 e. The van der Waals surface area contributed by atoms with E-state index in [4.69, 9.17) is 26.3 Å². The monoisotopic (exact) mass is 365 g/mol. The van der Waals surface area contributed by atoms with Gasteiger partial charge in [-0.25, -0.2) is 4.79 Å². The number of ether oxygens (including phenoxy) is 2. The number of esters is 1. The third kappa shape index (κ3) is 3.54. The number of carbonyl (C=O) groups excluding carboxylic acids is 1. The molecule has 0 unspecified atom stereocenters. The number of methoxy groups -OCH3 is 1. The first-order chi connectivity index (χ1) is 10.0. The summed E-state index contributed by atoms with van der Waals surface area (Å²) in [6.45, 7) is 0. The molecule has 0 aliphatic heterocycles. The smallest absolute Gasteiger partial charge is 0.343 e. The molecule has 4 nitrogen and oxygen atoms in total. The largest absolute Gasteiger partial charge is 0.493 e. The summed E-state index contributed by atoms with van der Waals surface area (Å²) < 4.78 is 11.2. The lowest BCUT2D eigenvalue weighted by atomic mass is 10.2. The van der Waals surface area contributed by atoms with Gasteiger partial charge in [-0.15, -0.1) is 0 Å². The van der Waals surface area contributed by atoms with E-state index in [2.05, 4.69) is 15.9 Å². The number of rotatable bonds is 3. The van der Waals surface area contributed by atoms with Crippen LogP contribution in [0.1, 0.15) is 15.9 Å². The molecule has 0 aliphatic carbocycles. The summed E-state index contributed by atoms with van der Waals surface area (Å²) >= 11 is 9.32. The van der Waals surface area contributed by atoms with Crippen molar-refractivity contribution in [2.75, 3.05) is 7.11 Å². The summed E-state index contributed by atoms with van der Waals surface area (Å²) in [5, 5.41) is 9.02. The molecule has 0 aromatic heterocycles. The van der Waals surface area contributed by atoms with Crippen molar-refractivity contribution in [2.45, 2.75) is 0 Å². The van der Waals surface area contributed by atoms with E-state index in [-0.39, 0.29) is 16.5 Å². The normalized spacial score (nSPS) is 9.81. The lowest BCUT2D eigenvalue weighted by molar-refractivity contribution is 0.0730. The molecule has 0 N–H and O–H groups in total. The Kier molecular flexibility index (Phi) is 4.84. The summed E-state index contributed by atoms with van der Waals surface area (Å²) in [5.74, 6) is -0.247. The summed E-state index contributed by atoms with van der Waals surface area (Å²) in [6.07, 6.45) is 0. The predicted octanol–water partition coefficient (Wildman–Crippen LogP) is 4.20. The van der Waals surface area contributed by atoms with E-state index < -0.39 is 5.97 Å². The van der Waals surface area contributed by atoms with Crippen LogP contribution in [0.4, 0.5) is 0 Å². The fourth-order valence-electron chi connectivity index (χ4n) is 1.62. The van der Waals surface area contributed by atoms with Gasteiger partial charge in [-0.05, 0) is 30.3 Å². The van der Waals surface area contributed by atoms with Crippen molar-refractivity contribution in [3.8, 4) is 17.6 Å². The Labute approximate surface area is 135 Å². The molecule has 2 rings (SSSR count). The second kappa shape index (κ2) is 6.61. The summed E-state index contributed by atoms with van der Waals surface area (Å²) in [5.41, 5.74) is 0.695. The molecular weight excluding hydrogens is 358 g/mol. The lowest BCUT2D eigenvalue weighted by Gasteiger charge is -2.11. The van der Waals surface area contributed by atoms with E-state index in [9.17, 15) is 4.79 Å². The Morgan fingerprint density at radius 1 is 1.29 bits per heavy atom. The molecule has 0 spiro atoms. The van der Waals surface area contributed by atoms with Crippen LogP contribution in [0.15, 0.2) is 40.9 Å². The first-order valence-electron chi connectivity index (χ1n) is 5.80. The third-order valence-corrected chi connectivity index (χ3v) is 3.44. The van der Waals surface area contributed by atoms with Gasteiger partial charge in [0.05, 0.1) is 29.3 Å². The van der Waals surface area contributed by atoms with Crippen LogP contribution in [-0.4, -0.2) is 13.1 Å². The Morgan fingerprint density at radius 2 is 1.95 bits per heavy atom. The van der Waals surface area contributed by atoms with E-state index in [0.29, 0.717) is 11.1 Å². The van der Waals surface area contributed by atoms with Crippen molar-refractivity contribution in [1.82, 2.24) is 0 Å². The van der Waals surface area contributed by atoms with Crippen molar-refractivity contribution in [3.05, 3.63) is 57.0 Å². The SMILES string of the molecule is COc1cc(C#N)cc(Cl)c1OC(=O)c1ccc(Br)cc1. The molecule has 0 bridgehead atoms. The maximum absolute atomic E-state index is 12.1. The van der Waals surface area contributed by atoms with Crippen LogP contribution >= 0.6 is 27.5 Å². The molecule has 2 aromatic rings. The molecule has 0 aliphatic rings. The fourth-order valence-corrected chi connectivity index (χ4v) is 2.13. The molecule has 0 heterocycles. The minimum atomic E-state index is -0.563.